The number of hydrogen-bond acceptors (Lipinski definition) is 3. The molecule has 0 aliphatic rings. The van der Waals surface area contributed by atoms with Gasteiger partial charge in [-0.1, -0.05) is 24.3 Å². The lowest BCUT2D eigenvalue weighted by Gasteiger charge is -2.16. The minimum atomic E-state index is -4.89. The van der Waals surface area contributed by atoms with Gasteiger partial charge in [0.05, 0.1) is 11.7 Å². The van der Waals surface area contributed by atoms with Gasteiger partial charge in [0.2, 0.25) is 0 Å². The van der Waals surface area contributed by atoms with Crippen molar-refractivity contribution in [2.45, 2.75) is 32.2 Å². The molecule has 0 aromatic heterocycles. The van der Waals surface area contributed by atoms with Crippen molar-refractivity contribution in [3.63, 3.8) is 0 Å². The first-order chi connectivity index (χ1) is 12.7. The van der Waals surface area contributed by atoms with Crippen LogP contribution in [0.4, 0.5) is 17.6 Å². The number of benzene rings is 2. The highest BCUT2D eigenvalue weighted by molar-refractivity contribution is 5.91. The van der Waals surface area contributed by atoms with E-state index in [-0.39, 0.29) is 16.9 Å². The zero-order valence-corrected chi connectivity index (χ0v) is 14.6. The zero-order valence-electron chi connectivity index (χ0n) is 14.6. The quantitative estimate of drug-likeness (QED) is 0.264. The second-order valence-electron chi connectivity index (χ2n) is 5.80. The van der Waals surface area contributed by atoms with Gasteiger partial charge in [0, 0.05) is 5.56 Å². The summed E-state index contributed by atoms with van der Waals surface area (Å²) in [6.07, 6.45) is -3.00. The number of aryl methyl sites for hydroxylation is 1. The van der Waals surface area contributed by atoms with E-state index in [0.29, 0.717) is 0 Å². The summed E-state index contributed by atoms with van der Waals surface area (Å²) in [4.78, 5) is 12.1. The van der Waals surface area contributed by atoms with E-state index in [0.717, 1.165) is 37.5 Å². The molecule has 0 N–H and O–H groups in total. The van der Waals surface area contributed by atoms with Crippen molar-refractivity contribution >= 4 is 5.97 Å². The summed E-state index contributed by atoms with van der Waals surface area (Å²) in [5.74, 6) is -1.52. The Balaban J connectivity index is 2.06. The zero-order chi connectivity index (χ0) is 20.0. The maximum Gasteiger partial charge on any atom is 0.523 e. The van der Waals surface area contributed by atoms with Gasteiger partial charge in [0.1, 0.15) is 11.6 Å². The molecule has 27 heavy (non-hydrogen) atoms. The summed E-state index contributed by atoms with van der Waals surface area (Å²) in [5, 5.41) is 0. The second kappa shape index (κ2) is 8.81. The molecular formula is C20H18F4O3. The highest BCUT2D eigenvalue weighted by Gasteiger charge is 2.33. The van der Waals surface area contributed by atoms with Crippen LogP contribution in [0.2, 0.25) is 0 Å². The predicted octanol–water partition coefficient (Wildman–Crippen LogP) is 5.76. The molecular weight excluding hydrogens is 364 g/mol. The van der Waals surface area contributed by atoms with E-state index >= 15 is 0 Å². The fourth-order valence-electron chi connectivity index (χ4n) is 2.41. The summed E-state index contributed by atoms with van der Waals surface area (Å²) in [7, 11) is 0. The molecule has 0 saturated carbocycles. The minimum absolute atomic E-state index is 0.119. The van der Waals surface area contributed by atoms with E-state index < -0.39 is 24.3 Å². The van der Waals surface area contributed by atoms with Gasteiger partial charge in [-0.2, -0.15) is 0 Å². The molecule has 1 atom stereocenters. The van der Waals surface area contributed by atoms with Gasteiger partial charge < -0.3 is 4.74 Å². The van der Waals surface area contributed by atoms with Crippen LogP contribution in [0, 0.1) is 5.82 Å². The van der Waals surface area contributed by atoms with E-state index in [1.165, 1.54) is 6.07 Å². The van der Waals surface area contributed by atoms with E-state index in [4.69, 9.17) is 4.74 Å². The summed E-state index contributed by atoms with van der Waals surface area (Å²) in [5.41, 5.74) is 0.616. The van der Waals surface area contributed by atoms with Crippen molar-refractivity contribution in [2.24, 2.45) is 0 Å². The summed E-state index contributed by atoms with van der Waals surface area (Å²) in [6.45, 7) is 4.71. The Morgan fingerprint density at radius 2 is 1.85 bits per heavy atom. The van der Waals surface area contributed by atoms with Gasteiger partial charge in [-0.3, -0.25) is 4.74 Å². The van der Waals surface area contributed by atoms with Crippen molar-refractivity contribution in [3.05, 3.63) is 77.6 Å². The molecule has 3 nitrogen and oxygen atoms in total. The van der Waals surface area contributed by atoms with Gasteiger partial charge in [0.15, 0.2) is 0 Å². The molecule has 7 heteroatoms. The van der Waals surface area contributed by atoms with Gasteiger partial charge in [-0.05, 0) is 49.6 Å². The van der Waals surface area contributed by atoms with Crippen molar-refractivity contribution in [3.8, 4) is 5.75 Å². The highest BCUT2D eigenvalue weighted by atomic mass is 19.4. The molecule has 144 valence electrons. The topological polar surface area (TPSA) is 35.5 Å². The third-order valence-corrected chi connectivity index (χ3v) is 3.76. The van der Waals surface area contributed by atoms with E-state index in [1.54, 1.807) is 30.3 Å². The van der Waals surface area contributed by atoms with Gasteiger partial charge in [-0.25, -0.2) is 9.18 Å². The molecule has 0 fully saturated rings. The Hall–Kier alpha value is -2.67. The first-order valence-corrected chi connectivity index (χ1v) is 8.15. The van der Waals surface area contributed by atoms with Crippen LogP contribution in [0.3, 0.4) is 0 Å². The van der Waals surface area contributed by atoms with E-state index in [2.05, 4.69) is 11.3 Å². The number of hydrogen-bond donors (Lipinski definition) is 0. The van der Waals surface area contributed by atoms with Crippen LogP contribution in [0.1, 0.15) is 40.9 Å². The smallest absolute Gasteiger partial charge is 0.423 e. The van der Waals surface area contributed by atoms with Gasteiger partial charge in [0.25, 0.3) is 0 Å². The Morgan fingerprint density at radius 1 is 1.19 bits per heavy atom. The fraction of sp³-hybridized carbons (Fsp3) is 0.250. The van der Waals surface area contributed by atoms with Crippen molar-refractivity contribution in [1.29, 1.82) is 0 Å². The van der Waals surface area contributed by atoms with E-state index in [9.17, 15) is 22.4 Å². The molecule has 0 saturated heterocycles. The number of alkyl halides is 3. The monoisotopic (exact) mass is 382 g/mol. The average Bonchev–Trinajstić information content (AvgIpc) is 2.59. The summed E-state index contributed by atoms with van der Waals surface area (Å²) in [6, 6.07) is 9.90. The van der Waals surface area contributed by atoms with Crippen LogP contribution < -0.4 is 4.74 Å². The van der Waals surface area contributed by atoms with Crippen molar-refractivity contribution in [1.82, 2.24) is 0 Å². The van der Waals surface area contributed by atoms with Crippen LogP contribution in [0.5, 0.6) is 5.75 Å². The second-order valence-corrected chi connectivity index (χ2v) is 5.80. The normalized spacial score (nSPS) is 12.5. The molecule has 0 heterocycles. The lowest BCUT2D eigenvalue weighted by molar-refractivity contribution is -0.342. The predicted molar refractivity (Wildman–Crippen MR) is 91.9 cm³/mol. The number of esters is 1. The molecule has 1 unspecified atom stereocenters. The number of carbonyl (C=O) groups is 1. The average molecular weight is 382 g/mol. The third-order valence-electron chi connectivity index (χ3n) is 3.76. The Labute approximate surface area is 154 Å². The number of ether oxygens (including phenoxy) is 2. The molecule has 0 spiro atoms. The largest absolute Gasteiger partial charge is 0.523 e. The molecule has 0 aliphatic carbocycles. The maximum atomic E-state index is 14.1. The summed E-state index contributed by atoms with van der Waals surface area (Å²) >= 11 is 0. The lowest BCUT2D eigenvalue weighted by atomic mass is 10.1. The molecule has 2 rings (SSSR count). The van der Waals surface area contributed by atoms with Crippen LogP contribution in [0.25, 0.3) is 0 Å². The van der Waals surface area contributed by atoms with Crippen LogP contribution in [-0.2, 0) is 11.2 Å². The van der Waals surface area contributed by atoms with Crippen molar-refractivity contribution in [2.75, 3.05) is 0 Å². The van der Waals surface area contributed by atoms with Gasteiger partial charge in [-0.15, -0.1) is 19.8 Å². The first kappa shape index (κ1) is 20.6. The summed E-state index contributed by atoms with van der Waals surface area (Å²) < 4.78 is 59.8. The number of carbonyl (C=O) groups excluding carboxylic acids is 1. The molecule has 0 radical (unpaired) electrons. The van der Waals surface area contributed by atoms with E-state index in [1.807, 2.05) is 0 Å². The van der Waals surface area contributed by atoms with Gasteiger partial charge >= 0.3 is 12.3 Å². The number of halogens is 4. The van der Waals surface area contributed by atoms with Crippen LogP contribution in [-0.4, -0.2) is 12.3 Å². The Kier molecular flexibility index (Phi) is 6.74. The SMILES string of the molecule is C=CCCc1ccc(OC(=O)c2ccc(C(C)OC(F)(F)F)c(F)c2)cc1. The minimum Gasteiger partial charge on any atom is -0.423 e. The molecule has 2 aromatic rings. The Bertz CT molecular complexity index is 798. The molecule has 0 aliphatic heterocycles. The molecule has 0 amide bonds. The maximum absolute atomic E-state index is 14.1. The standard InChI is InChI=1S/C20H18F4O3/c1-3-4-5-14-6-9-16(10-7-14)26-19(25)15-8-11-17(18(21)12-15)13(2)27-20(22,23)24/h3,6-13H,1,4-5H2,2H3. The lowest BCUT2D eigenvalue weighted by Crippen LogP contribution is -2.17. The number of rotatable bonds is 7. The fourth-order valence-corrected chi connectivity index (χ4v) is 2.41. The highest BCUT2D eigenvalue weighted by Crippen LogP contribution is 2.29. The van der Waals surface area contributed by atoms with Crippen molar-refractivity contribution < 1.29 is 31.8 Å². The van der Waals surface area contributed by atoms with Crippen LogP contribution in [0.15, 0.2) is 55.1 Å². The first-order valence-electron chi connectivity index (χ1n) is 8.15. The van der Waals surface area contributed by atoms with Crippen LogP contribution >= 0.6 is 0 Å². The third kappa shape index (κ3) is 6.21. The Morgan fingerprint density at radius 3 is 2.41 bits per heavy atom. The molecule has 0 bridgehead atoms. The molecule has 2 aromatic carbocycles. The number of allylic oxidation sites excluding steroid dienone is 1.